The number of nitrogens with zero attached hydrogens (tertiary/aromatic N) is 2. The van der Waals surface area contributed by atoms with Gasteiger partial charge in [-0.25, -0.2) is 9.78 Å². The van der Waals surface area contributed by atoms with Gasteiger partial charge in [0.15, 0.2) is 0 Å². The number of amides is 2. The lowest BCUT2D eigenvalue weighted by molar-refractivity contribution is 0.185. The Morgan fingerprint density at radius 2 is 2.04 bits per heavy atom. The van der Waals surface area contributed by atoms with Crippen molar-refractivity contribution in [1.29, 1.82) is 0 Å². The minimum atomic E-state index is -0.161. The number of rotatable bonds is 2. The lowest BCUT2D eigenvalue weighted by Crippen LogP contribution is -2.38. The average molecular weight is 377 g/mol. The van der Waals surface area contributed by atoms with E-state index in [-0.39, 0.29) is 12.1 Å². The third-order valence-corrected chi connectivity index (χ3v) is 5.03. The van der Waals surface area contributed by atoms with Gasteiger partial charge in [0.1, 0.15) is 18.6 Å². The second-order valence-electron chi connectivity index (χ2n) is 7.01. The molecule has 4 rings (SSSR count). The molecule has 1 N–H and O–H groups in total. The summed E-state index contributed by atoms with van der Waals surface area (Å²) >= 11 is 0. The van der Waals surface area contributed by atoms with Crippen LogP contribution in [0.25, 0.3) is 11.5 Å². The number of carbonyl (C=O) groups excluding carboxylic acids is 1. The maximum atomic E-state index is 13.0. The van der Waals surface area contributed by atoms with Gasteiger partial charge in [-0.1, -0.05) is 24.3 Å². The highest BCUT2D eigenvalue weighted by Crippen LogP contribution is 2.32. The van der Waals surface area contributed by atoms with Crippen LogP contribution in [0.5, 0.6) is 5.75 Å². The number of aromatic nitrogens is 1. The number of hydrogen-bond donors (Lipinski definition) is 1. The van der Waals surface area contributed by atoms with Gasteiger partial charge in [-0.2, -0.15) is 0 Å². The Bertz CT molecular complexity index is 1010. The highest BCUT2D eigenvalue weighted by atomic mass is 16.5. The molecule has 2 aromatic carbocycles. The van der Waals surface area contributed by atoms with Gasteiger partial charge in [0.2, 0.25) is 5.89 Å². The van der Waals surface area contributed by atoms with Gasteiger partial charge in [0.05, 0.1) is 18.3 Å². The molecule has 1 aromatic heterocycles. The third-order valence-electron chi connectivity index (χ3n) is 5.03. The van der Waals surface area contributed by atoms with Crippen LogP contribution < -0.4 is 10.1 Å². The van der Waals surface area contributed by atoms with Gasteiger partial charge in [0, 0.05) is 16.8 Å². The van der Waals surface area contributed by atoms with Crippen molar-refractivity contribution in [2.75, 3.05) is 18.5 Å². The molecule has 2 amide bonds. The number of carbonyl (C=O) groups is 1. The standard InChI is InChI=1S/C22H23N3O3/c1-14-8-9-17(12-19(14)21-23-15(2)13-28-21)24-22(26)25-10-11-27-20-7-5-4-6-18(20)16(25)3/h4-9,12-13,16H,10-11H2,1-3H3,(H,24,26)/t16-/m1/s1. The van der Waals surface area contributed by atoms with E-state index < -0.39 is 0 Å². The summed E-state index contributed by atoms with van der Waals surface area (Å²) in [4.78, 5) is 19.2. The number of hydrogen-bond acceptors (Lipinski definition) is 4. The minimum Gasteiger partial charge on any atom is -0.491 e. The molecule has 144 valence electrons. The first kappa shape index (κ1) is 18.1. The SMILES string of the molecule is Cc1coc(-c2cc(NC(=O)N3CCOc4ccccc4[C@H]3C)ccc2C)n1. The van der Waals surface area contributed by atoms with Gasteiger partial charge < -0.3 is 19.4 Å². The van der Waals surface area contributed by atoms with E-state index in [1.165, 1.54) is 0 Å². The van der Waals surface area contributed by atoms with Crippen molar-refractivity contribution < 1.29 is 13.9 Å². The van der Waals surface area contributed by atoms with Crippen LogP contribution in [0.2, 0.25) is 0 Å². The summed E-state index contributed by atoms with van der Waals surface area (Å²) in [5, 5.41) is 3.01. The van der Waals surface area contributed by atoms with Crippen molar-refractivity contribution in [2.45, 2.75) is 26.8 Å². The van der Waals surface area contributed by atoms with Crippen molar-refractivity contribution in [3.63, 3.8) is 0 Å². The Balaban J connectivity index is 1.57. The molecule has 0 saturated heterocycles. The van der Waals surface area contributed by atoms with Crippen LogP contribution in [0.1, 0.15) is 29.8 Å². The molecule has 0 unspecified atom stereocenters. The topological polar surface area (TPSA) is 67.6 Å². The van der Waals surface area contributed by atoms with Crippen LogP contribution in [0, 0.1) is 13.8 Å². The number of nitrogens with one attached hydrogen (secondary N) is 1. The first-order valence-electron chi connectivity index (χ1n) is 9.35. The quantitative estimate of drug-likeness (QED) is 0.686. The molecule has 0 bridgehead atoms. The highest BCUT2D eigenvalue weighted by Gasteiger charge is 2.26. The van der Waals surface area contributed by atoms with E-state index >= 15 is 0 Å². The summed E-state index contributed by atoms with van der Waals surface area (Å²) in [5.41, 5.74) is 4.43. The second-order valence-corrected chi connectivity index (χ2v) is 7.01. The van der Waals surface area contributed by atoms with Crippen molar-refractivity contribution >= 4 is 11.7 Å². The van der Waals surface area contributed by atoms with Gasteiger partial charge >= 0.3 is 6.03 Å². The van der Waals surface area contributed by atoms with Gasteiger partial charge in [0.25, 0.3) is 0 Å². The van der Waals surface area contributed by atoms with E-state index in [1.54, 1.807) is 11.2 Å². The summed E-state index contributed by atoms with van der Waals surface area (Å²) < 4.78 is 11.3. The second kappa shape index (κ2) is 7.38. The summed E-state index contributed by atoms with van der Waals surface area (Å²) in [6, 6.07) is 13.3. The molecule has 0 radical (unpaired) electrons. The molecule has 0 saturated carbocycles. The van der Waals surface area contributed by atoms with E-state index in [4.69, 9.17) is 9.15 Å². The molecule has 6 nitrogen and oxygen atoms in total. The first-order valence-corrected chi connectivity index (χ1v) is 9.35. The number of fused-ring (bicyclic) bond motifs is 1. The normalized spacial score (nSPS) is 16.1. The molecule has 3 aromatic rings. The predicted molar refractivity (Wildman–Crippen MR) is 107 cm³/mol. The van der Waals surface area contributed by atoms with Crippen LogP contribution in [0.3, 0.4) is 0 Å². The Hall–Kier alpha value is -3.28. The summed E-state index contributed by atoms with van der Waals surface area (Å²) in [7, 11) is 0. The summed E-state index contributed by atoms with van der Waals surface area (Å²) in [6.45, 7) is 6.87. The van der Waals surface area contributed by atoms with E-state index in [0.29, 0.717) is 24.7 Å². The molecule has 28 heavy (non-hydrogen) atoms. The fourth-order valence-electron chi connectivity index (χ4n) is 3.45. The number of anilines is 1. The number of benzene rings is 2. The number of urea groups is 1. The molecular weight excluding hydrogens is 354 g/mol. The van der Waals surface area contributed by atoms with Crippen molar-refractivity contribution in [3.8, 4) is 17.2 Å². The maximum Gasteiger partial charge on any atom is 0.322 e. The largest absolute Gasteiger partial charge is 0.491 e. The van der Waals surface area contributed by atoms with Gasteiger partial charge in [-0.3, -0.25) is 0 Å². The molecule has 0 spiro atoms. The van der Waals surface area contributed by atoms with Crippen LogP contribution >= 0.6 is 0 Å². The maximum absolute atomic E-state index is 13.0. The lowest BCUT2D eigenvalue weighted by atomic mass is 10.1. The zero-order chi connectivity index (χ0) is 19.7. The number of oxazole rings is 1. The van der Waals surface area contributed by atoms with E-state index in [0.717, 1.165) is 28.1 Å². The van der Waals surface area contributed by atoms with Crippen LogP contribution in [0.15, 0.2) is 53.1 Å². The number of aryl methyl sites for hydroxylation is 2. The molecule has 0 aliphatic carbocycles. The number of ether oxygens (including phenoxy) is 1. The zero-order valence-electron chi connectivity index (χ0n) is 16.2. The van der Waals surface area contributed by atoms with E-state index in [1.807, 2.05) is 63.2 Å². The Morgan fingerprint density at radius 3 is 2.82 bits per heavy atom. The average Bonchev–Trinajstić information content (AvgIpc) is 3.04. The summed E-state index contributed by atoms with van der Waals surface area (Å²) in [5.74, 6) is 1.39. The monoisotopic (exact) mass is 377 g/mol. The molecule has 0 fully saturated rings. The molecule has 1 aliphatic heterocycles. The van der Waals surface area contributed by atoms with Crippen molar-refractivity contribution in [3.05, 3.63) is 65.5 Å². The van der Waals surface area contributed by atoms with Gasteiger partial charge in [-0.05, 0) is 44.5 Å². The minimum absolute atomic E-state index is 0.0852. The van der Waals surface area contributed by atoms with Crippen molar-refractivity contribution in [2.24, 2.45) is 0 Å². The molecule has 2 heterocycles. The smallest absolute Gasteiger partial charge is 0.322 e. The number of para-hydroxylation sites is 1. The molecular formula is C22H23N3O3. The van der Waals surface area contributed by atoms with Crippen LogP contribution in [-0.2, 0) is 0 Å². The molecule has 1 atom stereocenters. The van der Waals surface area contributed by atoms with Crippen LogP contribution in [-0.4, -0.2) is 29.1 Å². The van der Waals surface area contributed by atoms with E-state index in [2.05, 4.69) is 10.3 Å². The van der Waals surface area contributed by atoms with Crippen LogP contribution in [0.4, 0.5) is 10.5 Å². The Labute approximate surface area is 164 Å². The third kappa shape index (κ3) is 3.45. The first-order chi connectivity index (χ1) is 13.5. The Kier molecular flexibility index (Phi) is 4.77. The Morgan fingerprint density at radius 1 is 1.21 bits per heavy atom. The molecule has 1 aliphatic rings. The molecule has 6 heteroatoms. The lowest BCUT2D eigenvalue weighted by Gasteiger charge is -2.27. The van der Waals surface area contributed by atoms with E-state index in [9.17, 15) is 4.79 Å². The summed E-state index contributed by atoms with van der Waals surface area (Å²) in [6.07, 6.45) is 1.62. The predicted octanol–water partition coefficient (Wildman–Crippen LogP) is 4.95. The highest BCUT2D eigenvalue weighted by molar-refractivity contribution is 5.90. The fourth-order valence-corrected chi connectivity index (χ4v) is 3.45. The van der Waals surface area contributed by atoms with Gasteiger partial charge in [-0.15, -0.1) is 0 Å². The van der Waals surface area contributed by atoms with Crippen molar-refractivity contribution in [1.82, 2.24) is 9.88 Å². The fraction of sp³-hybridized carbons (Fsp3) is 0.273. The zero-order valence-corrected chi connectivity index (χ0v) is 16.2.